The topological polar surface area (TPSA) is 9.23 Å². The van der Waals surface area contributed by atoms with Crippen LogP contribution in [-0.2, 0) is 0 Å². The summed E-state index contributed by atoms with van der Waals surface area (Å²) in [6.45, 7) is 7.81. The van der Waals surface area contributed by atoms with Gasteiger partial charge in [0, 0.05) is 0 Å². The monoisotopic (exact) mass is 462 g/mol. The zero-order valence-electron chi connectivity index (χ0n) is 22.4. The minimum absolute atomic E-state index is 0.758. The van der Waals surface area contributed by atoms with Gasteiger partial charge >= 0.3 is 0 Å². The van der Waals surface area contributed by atoms with E-state index in [1.807, 2.05) is 0 Å². The second-order valence-electron chi connectivity index (χ2n) is 10.8. The quantitative estimate of drug-likeness (QED) is 0.239. The molecule has 34 heavy (non-hydrogen) atoms. The largest absolute Gasteiger partial charge is 0.494 e. The molecule has 0 radical (unpaired) electrons. The van der Waals surface area contributed by atoms with E-state index in [2.05, 4.69) is 69.3 Å². The summed E-state index contributed by atoms with van der Waals surface area (Å²) >= 11 is 0. The first-order chi connectivity index (χ1) is 16.7. The second-order valence-corrected chi connectivity index (χ2v) is 10.8. The van der Waals surface area contributed by atoms with Crippen LogP contribution in [0.2, 0.25) is 0 Å². The molecule has 1 nitrogen and oxygen atoms in total. The number of ether oxygens (including phenoxy) is 1. The highest BCUT2D eigenvalue weighted by Gasteiger charge is 2.24. The highest BCUT2D eigenvalue weighted by molar-refractivity contribution is 5.64. The van der Waals surface area contributed by atoms with Crippen molar-refractivity contribution in [2.24, 2.45) is 11.8 Å². The molecule has 188 valence electrons. The van der Waals surface area contributed by atoms with Crippen LogP contribution in [0.1, 0.15) is 122 Å². The van der Waals surface area contributed by atoms with Crippen LogP contribution in [0.3, 0.4) is 0 Å². The fourth-order valence-corrected chi connectivity index (χ4v) is 5.77. The van der Waals surface area contributed by atoms with E-state index in [0.717, 1.165) is 36.5 Å². The summed E-state index contributed by atoms with van der Waals surface area (Å²) in [5, 5.41) is 0. The van der Waals surface area contributed by atoms with Crippen molar-refractivity contribution in [3.8, 4) is 16.9 Å². The Morgan fingerprint density at radius 1 is 0.706 bits per heavy atom. The molecule has 0 N–H and O–H groups in total. The molecule has 0 bridgehead atoms. The smallest absolute Gasteiger partial charge is 0.119 e. The van der Waals surface area contributed by atoms with Crippen LogP contribution < -0.4 is 4.74 Å². The van der Waals surface area contributed by atoms with Gasteiger partial charge in [0.2, 0.25) is 0 Å². The van der Waals surface area contributed by atoms with Crippen molar-refractivity contribution >= 4 is 0 Å². The van der Waals surface area contributed by atoms with Crippen molar-refractivity contribution in [3.63, 3.8) is 0 Å². The van der Waals surface area contributed by atoms with E-state index < -0.39 is 0 Å². The van der Waals surface area contributed by atoms with E-state index in [0.29, 0.717) is 0 Å². The zero-order valence-corrected chi connectivity index (χ0v) is 22.4. The summed E-state index contributed by atoms with van der Waals surface area (Å²) in [5.41, 5.74) is 4.14. The van der Waals surface area contributed by atoms with E-state index in [-0.39, 0.29) is 0 Å². The lowest BCUT2D eigenvalue weighted by Crippen LogP contribution is -2.16. The second kappa shape index (κ2) is 15.3. The van der Waals surface area contributed by atoms with Gasteiger partial charge in [0.05, 0.1) is 6.61 Å². The number of hydrogen-bond donors (Lipinski definition) is 0. The Kier molecular flexibility index (Phi) is 12.1. The maximum atomic E-state index is 5.93. The highest BCUT2D eigenvalue weighted by Crippen LogP contribution is 2.39. The minimum Gasteiger partial charge on any atom is -0.494 e. The molecule has 2 aromatic carbocycles. The Bertz CT molecular complexity index is 767. The maximum absolute atomic E-state index is 5.93. The first kappa shape index (κ1) is 26.8. The molecule has 1 saturated carbocycles. The molecule has 1 unspecified atom stereocenters. The van der Waals surface area contributed by atoms with Gasteiger partial charge in [-0.05, 0) is 85.1 Å². The van der Waals surface area contributed by atoms with Crippen LogP contribution in [0.4, 0.5) is 0 Å². The summed E-state index contributed by atoms with van der Waals surface area (Å²) in [7, 11) is 0. The Morgan fingerprint density at radius 3 is 1.94 bits per heavy atom. The van der Waals surface area contributed by atoms with Crippen LogP contribution in [0.25, 0.3) is 11.1 Å². The third-order valence-corrected chi connectivity index (χ3v) is 8.14. The van der Waals surface area contributed by atoms with Crippen molar-refractivity contribution in [1.82, 2.24) is 0 Å². The van der Waals surface area contributed by atoms with E-state index in [1.54, 1.807) is 5.56 Å². The van der Waals surface area contributed by atoms with Crippen molar-refractivity contribution in [3.05, 3.63) is 54.1 Å². The summed E-state index contributed by atoms with van der Waals surface area (Å²) < 4.78 is 5.93. The molecular formula is C33H50O. The van der Waals surface area contributed by atoms with Gasteiger partial charge in [-0.15, -0.1) is 0 Å². The first-order valence-corrected chi connectivity index (χ1v) is 14.6. The Balaban J connectivity index is 1.43. The van der Waals surface area contributed by atoms with Crippen LogP contribution in [0.5, 0.6) is 5.75 Å². The predicted octanol–water partition coefficient (Wildman–Crippen LogP) is 10.6. The van der Waals surface area contributed by atoms with Crippen molar-refractivity contribution in [2.45, 2.75) is 117 Å². The van der Waals surface area contributed by atoms with Gasteiger partial charge < -0.3 is 4.74 Å². The molecular weight excluding hydrogens is 412 g/mol. The maximum Gasteiger partial charge on any atom is 0.119 e. The van der Waals surface area contributed by atoms with Gasteiger partial charge in [-0.25, -0.2) is 0 Å². The lowest BCUT2D eigenvalue weighted by molar-refractivity contribution is 0.256. The molecule has 1 atom stereocenters. The molecule has 0 spiro atoms. The number of rotatable bonds is 15. The van der Waals surface area contributed by atoms with Crippen molar-refractivity contribution in [1.29, 1.82) is 0 Å². The molecule has 0 heterocycles. The van der Waals surface area contributed by atoms with E-state index in [1.165, 1.54) is 94.6 Å². The average molecular weight is 463 g/mol. The van der Waals surface area contributed by atoms with Gasteiger partial charge in [0.25, 0.3) is 0 Å². The standard InChI is InChI=1S/C33H50O/c1-4-7-9-10-11-25-34-33-23-21-32(22-24-33)31-19-17-30(18-20-31)29-15-13-28(14-16-29)26-27(6-3)12-8-5-2/h17-24,27-29H,4-16,25-26H2,1-3H3. The lowest BCUT2D eigenvalue weighted by atomic mass is 9.74. The molecule has 1 heteroatoms. The fraction of sp³-hybridized carbons (Fsp3) is 0.636. The Labute approximate surface area is 210 Å². The van der Waals surface area contributed by atoms with Crippen molar-refractivity contribution < 1.29 is 4.74 Å². The number of unbranched alkanes of at least 4 members (excludes halogenated alkanes) is 5. The lowest BCUT2D eigenvalue weighted by Gasteiger charge is -2.31. The van der Waals surface area contributed by atoms with Crippen LogP contribution in [-0.4, -0.2) is 6.61 Å². The van der Waals surface area contributed by atoms with Gasteiger partial charge in [-0.3, -0.25) is 0 Å². The van der Waals surface area contributed by atoms with Crippen LogP contribution in [0.15, 0.2) is 48.5 Å². The average Bonchev–Trinajstić information content (AvgIpc) is 2.89. The predicted molar refractivity (Wildman–Crippen MR) is 149 cm³/mol. The summed E-state index contributed by atoms with van der Waals surface area (Å²) in [6.07, 6.45) is 19.0. The summed E-state index contributed by atoms with van der Waals surface area (Å²) in [6, 6.07) is 18.1. The molecule has 0 amide bonds. The normalized spacial score (nSPS) is 19.1. The van der Waals surface area contributed by atoms with Gasteiger partial charge in [-0.2, -0.15) is 0 Å². The van der Waals surface area contributed by atoms with Gasteiger partial charge in [-0.1, -0.05) is 109 Å². The zero-order chi connectivity index (χ0) is 24.0. The summed E-state index contributed by atoms with van der Waals surface area (Å²) in [5.74, 6) is 3.68. The molecule has 0 aromatic heterocycles. The first-order valence-electron chi connectivity index (χ1n) is 14.6. The third-order valence-electron chi connectivity index (χ3n) is 8.14. The van der Waals surface area contributed by atoms with Gasteiger partial charge in [0.1, 0.15) is 5.75 Å². The highest BCUT2D eigenvalue weighted by atomic mass is 16.5. The van der Waals surface area contributed by atoms with Crippen molar-refractivity contribution in [2.75, 3.05) is 6.61 Å². The molecule has 0 saturated heterocycles. The third kappa shape index (κ3) is 8.79. The Hall–Kier alpha value is -1.76. The van der Waals surface area contributed by atoms with Crippen LogP contribution >= 0.6 is 0 Å². The number of benzene rings is 2. The van der Waals surface area contributed by atoms with Gasteiger partial charge in [0.15, 0.2) is 0 Å². The van der Waals surface area contributed by atoms with Crippen LogP contribution in [0, 0.1) is 11.8 Å². The minimum atomic E-state index is 0.758. The fourth-order valence-electron chi connectivity index (χ4n) is 5.77. The summed E-state index contributed by atoms with van der Waals surface area (Å²) in [4.78, 5) is 0. The van der Waals surface area contributed by atoms with E-state index in [4.69, 9.17) is 4.74 Å². The van der Waals surface area contributed by atoms with E-state index >= 15 is 0 Å². The molecule has 0 aliphatic heterocycles. The molecule has 3 rings (SSSR count). The number of hydrogen-bond acceptors (Lipinski definition) is 1. The Morgan fingerprint density at radius 2 is 1.32 bits per heavy atom. The molecule has 2 aromatic rings. The molecule has 1 fully saturated rings. The van der Waals surface area contributed by atoms with E-state index in [9.17, 15) is 0 Å². The molecule has 1 aliphatic carbocycles. The SMILES string of the molecule is CCCCCCCOc1ccc(-c2ccc(C3CCC(CC(CC)CCCC)CC3)cc2)cc1. The molecule has 1 aliphatic rings.